The number of nitrogens with zero attached hydrogens (tertiary/aromatic N) is 1. The van der Waals surface area contributed by atoms with Gasteiger partial charge in [-0.3, -0.25) is 14.3 Å². The Labute approximate surface area is 171 Å². The molecular formula is C21H25N3O4S. The van der Waals surface area contributed by atoms with Gasteiger partial charge in [-0.05, 0) is 43.0 Å². The van der Waals surface area contributed by atoms with Gasteiger partial charge in [0.05, 0.1) is 11.9 Å². The van der Waals surface area contributed by atoms with Crippen molar-refractivity contribution >= 4 is 33.2 Å². The second kappa shape index (κ2) is 8.65. The molecule has 2 aromatic rings. The first-order chi connectivity index (χ1) is 13.7. The van der Waals surface area contributed by atoms with E-state index in [1.54, 1.807) is 30.0 Å². The summed E-state index contributed by atoms with van der Waals surface area (Å²) in [5.41, 5.74) is 2.33. The Kier molecular flexibility index (Phi) is 6.22. The maximum Gasteiger partial charge on any atom is 0.251 e. The van der Waals surface area contributed by atoms with Crippen LogP contribution in [0.1, 0.15) is 36.4 Å². The van der Waals surface area contributed by atoms with Gasteiger partial charge in [0, 0.05) is 18.7 Å². The number of carbonyl (C=O) groups excluding carboxylic acids is 2. The predicted molar refractivity (Wildman–Crippen MR) is 113 cm³/mol. The van der Waals surface area contributed by atoms with Crippen molar-refractivity contribution in [3.05, 3.63) is 59.7 Å². The number of hydrogen-bond acceptors (Lipinski definition) is 4. The first kappa shape index (κ1) is 20.9. The van der Waals surface area contributed by atoms with Crippen LogP contribution < -0.4 is 10.0 Å². The summed E-state index contributed by atoms with van der Waals surface area (Å²) in [7, 11) is -3.44. The smallest absolute Gasteiger partial charge is 0.251 e. The molecule has 1 fully saturated rings. The summed E-state index contributed by atoms with van der Waals surface area (Å²) in [5.74, 6) is -0.371. The van der Waals surface area contributed by atoms with Crippen LogP contribution in [0.4, 0.5) is 11.4 Å². The number of carbonyl (C=O) groups is 2. The van der Waals surface area contributed by atoms with E-state index in [4.69, 9.17) is 0 Å². The highest BCUT2D eigenvalue weighted by Gasteiger charge is 2.32. The molecular weight excluding hydrogens is 390 g/mol. The molecule has 2 amide bonds. The molecule has 3 rings (SSSR count). The summed E-state index contributed by atoms with van der Waals surface area (Å²) >= 11 is 0. The van der Waals surface area contributed by atoms with Crippen LogP contribution in [0.2, 0.25) is 0 Å². The summed E-state index contributed by atoms with van der Waals surface area (Å²) in [6, 6.07) is 13.5. The van der Waals surface area contributed by atoms with Crippen molar-refractivity contribution in [2.24, 2.45) is 0 Å². The van der Waals surface area contributed by atoms with Crippen LogP contribution in [0.3, 0.4) is 0 Å². The van der Waals surface area contributed by atoms with Gasteiger partial charge >= 0.3 is 0 Å². The average Bonchev–Trinajstić information content (AvgIpc) is 2.66. The molecule has 2 aromatic carbocycles. The third kappa shape index (κ3) is 5.35. The number of amides is 2. The second-order valence-corrected chi connectivity index (χ2v) is 9.00. The number of benzene rings is 2. The SMILES string of the molecule is Cc1ccc(NC(=O)C(c2ccccc2)N2CCCCC2=O)cc1NS(C)(=O)=O. The van der Waals surface area contributed by atoms with E-state index in [0.717, 1.165) is 30.2 Å². The quantitative estimate of drug-likeness (QED) is 0.758. The molecule has 0 bridgehead atoms. The molecule has 8 heteroatoms. The van der Waals surface area contributed by atoms with Gasteiger partial charge < -0.3 is 10.2 Å². The average molecular weight is 416 g/mol. The standard InChI is InChI=1S/C21H25N3O4S/c1-15-11-12-17(14-18(15)23-29(2,27)28)22-21(26)20(16-8-4-3-5-9-16)24-13-7-6-10-19(24)25/h3-5,8-9,11-12,14,20,23H,6-7,10,13H2,1-2H3,(H,22,26). The summed E-state index contributed by atoms with van der Waals surface area (Å²) in [6.45, 7) is 2.30. The summed E-state index contributed by atoms with van der Waals surface area (Å²) < 4.78 is 25.6. The van der Waals surface area contributed by atoms with E-state index < -0.39 is 16.1 Å². The molecule has 0 saturated carbocycles. The summed E-state index contributed by atoms with van der Waals surface area (Å²) in [6.07, 6.45) is 3.20. The lowest BCUT2D eigenvalue weighted by Gasteiger charge is -2.34. The molecule has 7 nitrogen and oxygen atoms in total. The molecule has 0 aromatic heterocycles. The Hall–Kier alpha value is -2.87. The second-order valence-electron chi connectivity index (χ2n) is 7.25. The fraction of sp³-hybridized carbons (Fsp3) is 0.333. The molecule has 154 valence electrons. The van der Waals surface area contributed by atoms with Crippen LogP contribution >= 0.6 is 0 Å². The summed E-state index contributed by atoms with van der Waals surface area (Å²) in [5, 5.41) is 2.84. The van der Waals surface area contributed by atoms with Crippen molar-refractivity contribution in [1.82, 2.24) is 4.90 Å². The van der Waals surface area contributed by atoms with Crippen LogP contribution in [0, 0.1) is 6.92 Å². The van der Waals surface area contributed by atoms with Gasteiger partial charge in [-0.2, -0.15) is 0 Å². The number of likely N-dealkylation sites (tertiary alicyclic amines) is 1. The van der Waals surface area contributed by atoms with Crippen LogP contribution in [0.5, 0.6) is 0 Å². The van der Waals surface area contributed by atoms with Crippen LogP contribution in [0.25, 0.3) is 0 Å². The Morgan fingerprint density at radius 1 is 1.10 bits per heavy atom. The Morgan fingerprint density at radius 3 is 2.48 bits per heavy atom. The van der Waals surface area contributed by atoms with Crippen molar-refractivity contribution in [1.29, 1.82) is 0 Å². The topological polar surface area (TPSA) is 95.6 Å². The first-order valence-corrected chi connectivity index (χ1v) is 11.4. The first-order valence-electron chi connectivity index (χ1n) is 9.48. The number of aryl methyl sites for hydroxylation is 1. The zero-order chi connectivity index (χ0) is 21.0. The molecule has 0 aliphatic carbocycles. The third-order valence-corrected chi connectivity index (χ3v) is 5.43. The summed E-state index contributed by atoms with van der Waals surface area (Å²) in [4.78, 5) is 27.3. The highest BCUT2D eigenvalue weighted by atomic mass is 32.2. The van der Waals surface area contributed by atoms with E-state index in [0.29, 0.717) is 24.3 Å². The molecule has 1 heterocycles. The number of piperidine rings is 1. The molecule has 1 aliphatic rings. The Balaban J connectivity index is 1.89. The van der Waals surface area contributed by atoms with E-state index in [1.165, 1.54) is 0 Å². The van der Waals surface area contributed by atoms with Crippen molar-refractivity contribution in [2.75, 3.05) is 22.8 Å². The molecule has 1 atom stereocenters. The minimum atomic E-state index is -3.44. The molecule has 2 N–H and O–H groups in total. The van der Waals surface area contributed by atoms with Crippen LogP contribution in [-0.2, 0) is 19.6 Å². The number of hydrogen-bond donors (Lipinski definition) is 2. The molecule has 1 aliphatic heterocycles. The van der Waals surface area contributed by atoms with Gasteiger partial charge in [-0.1, -0.05) is 36.4 Å². The monoisotopic (exact) mass is 415 g/mol. The minimum Gasteiger partial charge on any atom is -0.327 e. The molecule has 0 radical (unpaired) electrons. The fourth-order valence-corrected chi connectivity index (χ4v) is 4.05. The lowest BCUT2D eigenvalue weighted by molar-refractivity contribution is -0.141. The van der Waals surface area contributed by atoms with E-state index >= 15 is 0 Å². The predicted octanol–water partition coefficient (Wildman–Crippen LogP) is 3.06. The van der Waals surface area contributed by atoms with Crippen molar-refractivity contribution in [3.63, 3.8) is 0 Å². The lowest BCUT2D eigenvalue weighted by Crippen LogP contribution is -2.43. The van der Waals surface area contributed by atoms with Gasteiger partial charge in [-0.15, -0.1) is 0 Å². The zero-order valence-corrected chi connectivity index (χ0v) is 17.3. The third-order valence-electron chi connectivity index (χ3n) is 4.84. The molecule has 1 saturated heterocycles. The molecule has 29 heavy (non-hydrogen) atoms. The number of nitrogens with one attached hydrogen (secondary N) is 2. The molecule has 0 spiro atoms. The minimum absolute atomic E-state index is 0.0383. The van der Waals surface area contributed by atoms with Crippen molar-refractivity contribution in [3.8, 4) is 0 Å². The largest absolute Gasteiger partial charge is 0.327 e. The van der Waals surface area contributed by atoms with Crippen LogP contribution in [0.15, 0.2) is 48.5 Å². The van der Waals surface area contributed by atoms with E-state index in [-0.39, 0.29) is 11.8 Å². The number of sulfonamides is 1. The fourth-order valence-electron chi connectivity index (χ4n) is 3.43. The Morgan fingerprint density at radius 2 is 1.83 bits per heavy atom. The number of rotatable bonds is 6. The van der Waals surface area contributed by atoms with Crippen molar-refractivity contribution in [2.45, 2.75) is 32.2 Å². The highest BCUT2D eigenvalue weighted by Crippen LogP contribution is 2.28. The van der Waals surface area contributed by atoms with Crippen molar-refractivity contribution < 1.29 is 18.0 Å². The highest BCUT2D eigenvalue weighted by molar-refractivity contribution is 7.92. The van der Waals surface area contributed by atoms with Gasteiger partial charge in [0.15, 0.2) is 0 Å². The molecule has 1 unspecified atom stereocenters. The number of anilines is 2. The van der Waals surface area contributed by atoms with Gasteiger partial charge in [0.25, 0.3) is 5.91 Å². The van der Waals surface area contributed by atoms with E-state index in [9.17, 15) is 18.0 Å². The maximum absolute atomic E-state index is 13.2. The van der Waals surface area contributed by atoms with Crippen LogP contribution in [-0.4, -0.2) is 37.9 Å². The van der Waals surface area contributed by atoms with Gasteiger partial charge in [0.2, 0.25) is 15.9 Å². The van der Waals surface area contributed by atoms with Gasteiger partial charge in [0.1, 0.15) is 6.04 Å². The van der Waals surface area contributed by atoms with E-state index in [2.05, 4.69) is 10.0 Å². The Bertz CT molecular complexity index is 1010. The zero-order valence-electron chi connectivity index (χ0n) is 16.5. The normalized spacial score (nSPS) is 15.7. The van der Waals surface area contributed by atoms with E-state index in [1.807, 2.05) is 30.3 Å². The van der Waals surface area contributed by atoms with Gasteiger partial charge in [-0.25, -0.2) is 8.42 Å². The lowest BCUT2D eigenvalue weighted by atomic mass is 10.0. The maximum atomic E-state index is 13.2.